The second-order valence-corrected chi connectivity index (χ2v) is 10.4. The van der Waals surface area contributed by atoms with Crippen molar-refractivity contribution in [3.8, 4) is 0 Å². The summed E-state index contributed by atoms with van der Waals surface area (Å²) in [7, 11) is 0. The Kier molecular flexibility index (Phi) is 4.33. The van der Waals surface area contributed by atoms with Crippen molar-refractivity contribution in [2.75, 3.05) is 39.3 Å². The molecule has 4 saturated heterocycles. The maximum atomic E-state index is 13.5. The lowest BCUT2D eigenvalue weighted by Gasteiger charge is -2.55. The summed E-state index contributed by atoms with van der Waals surface area (Å²) in [5.41, 5.74) is 4.13. The van der Waals surface area contributed by atoms with E-state index >= 15 is 0 Å². The average Bonchev–Trinajstić information content (AvgIpc) is 3.02. The minimum Gasteiger partial charge on any atom is -0.347 e. The van der Waals surface area contributed by atoms with Crippen LogP contribution in [-0.2, 0) is 18.3 Å². The summed E-state index contributed by atoms with van der Waals surface area (Å²) in [6.45, 7) is 6.64. The van der Waals surface area contributed by atoms with E-state index in [0.717, 1.165) is 57.0 Å². The highest BCUT2D eigenvalue weighted by Gasteiger charge is 2.55. The number of piperidine rings is 2. The van der Waals surface area contributed by atoms with Crippen LogP contribution in [0.1, 0.15) is 39.2 Å². The van der Waals surface area contributed by atoms with Gasteiger partial charge in [0.1, 0.15) is 0 Å². The highest BCUT2D eigenvalue weighted by molar-refractivity contribution is 7.12. The Morgan fingerprint density at radius 2 is 1.76 bits per heavy atom. The van der Waals surface area contributed by atoms with Gasteiger partial charge in [-0.3, -0.25) is 4.79 Å². The van der Waals surface area contributed by atoms with E-state index in [2.05, 4.69) is 50.8 Å². The van der Waals surface area contributed by atoms with Gasteiger partial charge in [-0.15, -0.1) is 11.3 Å². The van der Waals surface area contributed by atoms with E-state index in [0.29, 0.717) is 5.92 Å². The van der Waals surface area contributed by atoms with Crippen molar-refractivity contribution in [3.63, 3.8) is 0 Å². The first-order valence-electron chi connectivity index (χ1n) is 11.1. The third kappa shape index (κ3) is 2.89. The topological polar surface area (TPSA) is 35.6 Å². The van der Waals surface area contributed by atoms with Crippen molar-refractivity contribution >= 4 is 17.2 Å². The van der Waals surface area contributed by atoms with Gasteiger partial charge in [0, 0.05) is 56.6 Å². The second-order valence-electron chi connectivity index (χ2n) is 9.48. The molecule has 1 aromatic carbocycles. The highest BCUT2D eigenvalue weighted by Crippen LogP contribution is 2.43. The zero-order valence-electron chi connectivity index (χ0n) is 16.9. The minimum absolute atomic E-state index is 0.00803. The lowest BCUT2D eigenvalue weighted by atomic mass is 9.64. The molecule has 4 fully saturated rings. The van der Waals surface area contributed by atoms with Crippen LogP contribution < -0.4 is 5.32 Å². The van der Waals surface area contributed by atoms with Gasteiger partial charge in [-0.25, -0.2) is 0 Å². The third-order valence-corrected chi connectivity index (χ3v) is 8.81. The zero-order chi connectivity index (χ0) is 19.4. The number of benzene rings is 1. The van der Waals surface area contributed by atoms with Crippen molar-refractivity contribution in [1.29, 1.82) is 0 Å². The van der Waals surface area contributed by atoms with Crippen LogP contribution in [0.2, 0.25) is 0 Å². The van der Waals surface area contributed by atoms with Crippen molar-refractivity contribution in [2.45, 2.75) is 37.1 Å². The molecule has 0 saturated carbocycles. The molecule has 3 atom stereocenters. The number of hydrogen-bond donors (Lipinski definition) is 1. The Morgan fingerprint density at radius 1 is 1.03 bits per heavy atom. The van der Waals surface area contributed by atoms with Crippen LogP contribution in [0.4, 0.5) is 0 Å². The first-order valence-corrected chi connectivity index (χ1v) is 12.0. The normalized spacial score (nSPS) is 35.2. The van der Waals surface area contributed by atoms with E-state index in [9.17, 15) is 4.79 Å². The van der Waals surface area contributed by atoms with Gasteiger partial charge in [-0.05, 0) is 47.8 Å². The van der Waals surface area contributed by atoms with Gasteiger partial charge in [0.25, 0.3) is 5.91 Å². The number of carbonyl (C=O) groups excluding carboxylic acids is 1. The first-order chi connectivity index (χ1) is 14.2. The molecule has 4 aliphatic heterocycles. The molecule has 0 radical (unpaired) electrons. The van der Waals surface area contributed by atoms with Crippen molar-refractivity contribution in [2.24, 2.45) is 5.92 Å². The predicted molar refractivity (Wildman–Crippen MR) is 117 cm³/mol. The molecule has 3 unspecified atom stereocenters. The molecule has 0 spiro atoms. The molecule has 29 heavy (non-hydrogen) atoms. The van der Waals surface area contributed by atoms with Crippen LogP contribution in [0.5, 0.6) is 0 Å². The molecule has 1 N–H and O–H groups in total. The maximum Gasteiger partial charge on any atom is 0.261 e. The Morgan fingerprint density at radius 3 is 2.52 bits per heavy atom. The van der Waals surface area contributed by atoms with Gasteiger partial charge in [0.2, 0.25) is 0 Å². The summed E-state index contributed by atoms with van der Waals surface area (Å²) >= 11 is 1.67. The summed E-state index contributed by atoms with van der Waals surface area (Å²) in [5.74, 6) is 0.676. The molecule has 4 bridgehead atoms. The van der Waals surface area contributed by atoms with Crippen LogP contribution in [-0.4, -0.2) is 61.0 Å². The Bertz CT molecular complexity index is 907. The average molecular weight is 408 g/mol. The fourth-order valence-electron chi connectivity index (χ4n) is 6.49. The number of aryl methyl sites for hydroxylation is 1. The lowest BCUT2D eigenvalue weighted by molar-refractivity contribution is 0.0181. The summed E-state index contributed by atoms with van der Waals surface area (Å²) in [5, 5.41) is 5.83. The third-order valence-electron chi connectivity index (χ3n) is 7.74. The molecule has 5 aliphatic rings. The van der Waals surface area contributed by atoms with E-state index in [1.54, 1.807) is 11.3 Å². The van der Waals surface area contributed by atoms with Gasteiger partial charge in [0.05, 0.1) is 4.88 Å². The number of amides is 1. The van der Waals surface area contributed by atoms with Crippen LogP contribution >= 0.6 is 11.3 Å². The van der Waals surface area contributed by atoms with Crippen molar-refractivity contribution in [3.05, 3.63) is 57.3 Å². The van der Waals surface area contributed by atoms with Gasteiger partial charge < -0.3 is 15.1 Å². The number of thiophene rings is 1. The summed E-state index contributed by atoms with van der Waals surface area (Å²) in [4.78, 5) is 19.8. The Labute approximate surface area is 176 Å². The maximum absolute atomic E-state index is 13.5. The van der Waals surface area contributed by atoms with Gasteiger partial charge in [-0.1, -0.05) is 30.3 Å². The van der Waals surface area contributed by atoms with E-state index in [4.69, 9.17) is 0 Å². The minimum atomic E-state index is -0.00803. The summed E-state index contributed by atoms with van der Waals surface area (Å²) < 4.78 is 0. The van der Waals surface area contributed by atoms with E-state index in [1.165, 1.54) is 29.5 Å². The number of rotatable bonds is 3. The van der Waals surface area contributed by atoms with E-state index in [1.807, 2.05) is 0 Å². The fourth-order valence-corrected chi connectivity index (χ4v) is 7.55. The molecule has 152 valence electrons. The zero-order valence-corrected chi connectivity index (χ0v) is 17.7. The number of nitrogens with one attached hydrogen (secondary N) is 1. The standard InChI is InChI=1S/C24H29N3OS/c28-23(21-20-9-5-4-6-17(20)14-29-21)25-22-18-12-26-10-11-27(13-18)16-24(22,15-26)19-7-2-1-3-8-19/h1-3,7-8,14,18,22H,4-6,9-13,15-16H2,(H,25,28). The van der Waals surface area contributed by atoms with Crippen molar-refractivity contribution < 1.29 is 4.79 Å². The second kappa shape index (κ2) is 6.93. The molecule has 1 aliphatic carbocycles. The SMILES string of the molecule is O=C(NC1C2CN3CCN(C2)CC1(c1ccccc1)C3)c1scc2c1CCCC2. The Balaban J connectivity index is 1.37. The number of carbonyl (C=O) groups is 1. The molecular formula is C24H29N3OS. The van der Waals surface area contributed by atoms with Gasteiger partial charge in [0.15, 0.2) is 0 Å². The molecule has 1 amide bonds. The van der Waals surface area contributed by atoms with Gasteiger partial charge >= 0.3 is 0 Å². The summed E-state index contributed by atoms with van der Waals surface area (Å²) in [6.07, 6.45) is 4.69. The monoisotopic (exact) mass is 407 g/mol. The molecule has 1 aromatic heterocycles. The fraction of sp³-hybridized carbons (Fsp3) is 0.542. The van der Waals surface area contributed by atoms with E-state index in [-0.39, 0.29) is 17.4 Å². The quantitative estimate of drug-likeness (QED) is 0.850. The van der Waals surface area contributed by atoms with Crippen LogP contribution in [0.15, 0.2) is 35.7 Å². The number of hydrogen-bond acceptors (Lipinski definition) is 4. The largest absolute Gasteiger partial charge is 0.347 e. The number of fused-ring (bicyclic) bond motifs is 2. The highest BCUT2D eigenvalue weighted by atomic mass is 32.1. The molecule has 4 nitrogen and oxygen atoms in total. The van der Waals surface area contributed by atoms with Crippen LogP contribution in [0, 0.1) is 5.92 Å². The molecule has 2 aromatic rings. The van der Waals surface area contributed by atoms with Crippen molar-refractivity contribution in [1.82, 2.24) is 15.1 Å². The molecular weight excluding hydrogens is 378 g/mol. The van der Waals surface area contributed by atoms with E-state index < -0.39 is 0 Å². The van der Waals surface area contributed by atoms with Crippen LogP contribution in [0.3, 0.4) is 0 Å². The molecule has 5 heteroatoms. The summed E-state index contributed by atoms with van der Waals surface area (Å²) in [6, 6.07) is 11.2. The smallest absolute Gasteiger partial charge is 0.261 e. The molecule has 7 rings (SSSR count). The predicted octanol–water partition coefficient (Wildman–Crippen LogP) is 2.92. The van der Waals surface area contributed by atoms with Gasteiger partial charge in [-0.2, -0.15) is 0 Å². The lowest BCUT2D eigenvalue weighted by Crippen LogP contribution is -2.70. The van der Waals surface area contributed by atoms with Crippen LogP contribution in [0.25, 0.3) is 0 Å². The number of nitrogens with zero attached hydrogens (tertiary/aromatic N) is 2. The molecule has 5 heterocycles. The Hall–Kier alpha value is -1.69. The first kappa shape index (κ1) is 18.1.